The second-order valence-electron chi connectivity index (χ2n) is 7.82. The van der Waals surface area contributed by atoms with Crippen LogP contribution in [0.1, 0.15) is 11.1 Å². The summed E-state index contributed by atoms with van der Waals surface area (Å²) in [5.74, 6) is -0.0343. The van der Waals surface area contributed by atoms with Gasteiger partial charge in [0.15, 0.2) is 0 Å². The number of nitrogens with zero attached hydrogens (tertiary/aromatic N) is 2. The summed E-state index contributed by atoms with van der Waals surface area (Å²) in [5, 5.41) is 3.44. The molecule has 0 atom stereocenters. The van der Waals surface area contributed by atoms with Crippen molar-refractivity contribution in [2.75, 3.05) is 38.3 Å². The van der Waals surface area contributed by atoms with Gasteiger partial charge >= 0.3 is 6.18 Å². The largest absolute Gasteiger partial charge is 0.416 e. The van der Waals surface area contributed by atoms with Crippen LogP contribution in [-0.2, 0) is 15.7 Å². The maximum absolute atomic E-state index is 13.1. The number of anilines is 1. The van der Waals surface area contributed by atoms with Crippen LogP contribution in [0.25, 0.3) is 16.6 Å². The minimum Gasteiger partial charge on any atom is -0.383 e. The lowest BCUT2D eigenvalue weighted by atomic mass is 9.98. The molecule has 1 aliphatic heterocycles. The van der Waals surface area contributed by atoms with E-state index in [1.54, 1.807) is 7.11 Å². The van der Waals surface area contributed by atoms with Crippen molar-refractivity contribution < 1.29 is 22.7 Å². The molecule has 0 aliphatic carbocycles. The normalized spacial score (nSPS) is 14.7. The summed E-state index contributed by atoms with van der Waals surface area (Å²) in [5.41, 5.74) is 2.70. The van der Waals surface area contributed by atoms with Gasteiger partial charge in [0, 0.05) is 49.7 Å². The number of carbonyl (C=O) groups excluding carboxylic acids is 1. The van der Waals surface area contributed by atoms with Gasteiger partial charge in [0.1, 0.15) is 0 Å². The average molecular weight is 431 g/mol. The number of ether oxygens (including phenoxy) is 1. The number of carbonyl (C=O) groups is 1. The van der Waals surface area contributed by atoms with E-state index in [1.165, 1.54) is 12.1 Å². The molecule has 0 radical (unpaired) electrons. The van der Waals surface area contributed by atoms with Gasteiger partial charge in [0.05, 0.1) is 23.6 Å². The van der Waals surface area contributed by atoms with Crippen LogP contribution in [-0.4, -0.2) is 43.8 Å². The van der Waals surface area contributed by atoms with Crippen LogP contribution >= 0.6 is 0 Å². The van der Waals surface area contributed by atoms with Crippen molar-refractivity contribution in [2.45, 2.75) is 13.1 Å². The number of nitrogens with one attached hydrogen (secondary N) is 1. The number of rotatable bonds is 6. The Labute approximate surface area is 178 Å². The number of hydrogen-bond donors (Lipinski definition) is 1. The Morgan fingerprint density at radius 2 is 1.90 bits per heavy atom. The summed E-state index contributed by atoms with van der Waals surface area (Å²) in [7, 11) is 1.59. The van der Waals surface area contributed by atoms with Crippen molar-refractivity contribution in [3.8, 4) is 5.69 Å². The fourth-order valence-corrected chi connectivity index (χ4v) is 3.90. The molecule has 0 saturated carbocycles. The minimum atomic E-state index is -4.37. The van der Waals surface area contributed by atoms with Crippen molar-refractivity contribution in [3.05, 3.63) is 59.8 Å². The summed E-state index contributed by atoms with van der Waals surface area (Å²) >= 11 is 0. The van der Waals surface area contributed by atoms with E-state index in [0.717, 1.165) is 28.5 Å². The second kappa shape index (κ2) is 8.26. The van der Waals surface area contributed by atoms with Crippen LogP contribution in [0.4, 0.5) is 18.9 Å². The molecule has 164 valence electrons. The molecule has 2 heterocycles. The molecule has 0 bridgehead atoms. The van der Waals surface area contributed by atoms with Crippen LogP contribution in [0.5, 0.6) is 0 Å². The third-order valence-corrected chi connectivity index (χ3v) is 5.66. The third-order valence-electron chi connectivity index (χ3n) is 5.66. The predicted octanol–water partition coefficient (Wildman–Crippen LogP) is 4.16. The SMILES string of the molecule is COCCNC(=O)C1CN(c2cccc(-n3cc(C)c4cc(C(F)(F)F)ccc43)c2)C1. The molecule has 8 heteroatoms. The molecule has 1 amide bonds. The number of fused-ring (bicyclic) bond motifs is 1. The smallest absolute Gasteiger partial charge is 0.383 e. The first kappa shape index (κ1) is 21.2. The van der Waals surface area contributed by atoms with Crippen LogP contribution < -0.4 is 10.2 Å². The van der Waals surface area contributed by atoms with E-state index < -0.39 is 11.7 Å². The Balaban J connectivity index is 1.53. The van der Waals surface area contributed by atoms with Crippen LogP contribution in [0.2, 0.25) is 0 Å². The van der Waals surface area contributed by atoms with Gasteiger partial charge in [0.2, 0.25) is 5.91 Å². The standard InChI is InChI=1S/C23H24F3N3O2/c1-15-12-29(21-7-6-17(10-20(15)21)23(24,25)26)19-5-3-4-18(11-19)28-13-16(14-28)22(30)27-8-9-31-2/h3-7,10-12,16H,8-9,13-14H2,1-2H3,(H,27,30). The molecule has 3 aromatic rings. The second-order valence-corrected chi connectivity index (χ2v) is 7.82. The number of alkyl halides is 3. The van der Waals surface area contributed by atoms with Crippen molar-refractivity contribution in [2.24, 2.45) is 5.92 Å². The van der Waals surface area contributed by atoms with E-state index in [0.29, 0.717) is 31.6 Å². The number of aryl methyl sites for hydroxylation is 1. The zero-order chi connectivity index (χ0) is 22.2. The van der Waals surface area contributed by atoms with Gasteiger partial charge < -0.3 is 19.5 Å². The summed E-state index contributed by atoms with van der Waals surface area (Å²) in [4.78, 5) is 14.3. The van der Waals surface area contributed by atoms with E-state index in [4.69, 9.17) is 4.74 Å². The van der Waals surface area contributed by atoms with Gasteiger partial charge in [0.25, 0.3) is 0 Å². The molecule has 1 fully saturated rings. The molecular weight excluding hydrogens is 407 g/mol. The minimum absolute atomic E-state index is 0.0250. The van der Waals surface area contributed by atoms with Gasteiger partial charge in [-0.2, -0.15) is 13.2 Å². The van der Waals surface area contributed by atoms with Crippen molar-refractivity contribution >= 4 is 22.5 Å². The first-order valence-corrected chi connectivity index (χ1v) is 10.1. The Hall–Kier alpha value is -3.00. The lowest BCUT2D eigenvalue weighted by Gasteiger charge is -2.40. The number of methoxy groups -OCH3 is 1. The topological polar surface area (TPSA) is 46.5 Å². The molecule has 31 heavy (non-hydrogen) atoms. The molecule has 4 rings (SSSR count). The van der Waals surface area contributed by atoms with E-state index in [1.807, 2.05) is 42.0 Å². The van der Waals surface area contributed by atoms with E-state index in [9.17, 15) is 18.0 Å². The molecule has 0 spiro atoms. The van der Waals surface area contributed by atoms with E-state index in [2.05, 4.69) is 10.2 Å². The van der Waals surface area contributed by atoms with Crippen LogP contribution in [0, 0.1) is 12.8 Å². The first-order chi connectivity index (χ1) is 14.8. The number of aromatic nitrogens is 1. The van der Waals surface area contributed by atoms with E-state index >= 15 is 0 Å². The van der Waals surface area contributed by atoms with Gasteiger partial charge in [-0.3, -0.25) is 4.79 Å². The monoisotopic (exact) mass is 431 g/mol. The lowest BCUT2D eigenvalue weighted by molar-refractivity contribution is -0.137. The summed E-state index contributed by atoms with van der Waals surface area (Å²) < 4.78 is 46.1. The van der Waals surface area contributed by atoms with Gasteiger partial charge in [-0.25, -0.2) is 0 Å². The van der Waals surface area contributed by atoms with Crippen LogP contribution in [0.3, 0.4) is 0 Å². The molecule has 1 aromatic heterocycles. The van der Waals surface area contributed by atoms with Crippen molar-refractivity contribution in [1.29, 1.82) is 0 Å². The van der Waals surface area contributed by atoms with Crippen molar-refractivity contribution in [3.63, 3.8) is 0 Å². The van der Waals surface area contributed by atoms with Gasteiger partial charge in [-0.15, -0.1) is 0 Å². The summed E-state index contributed by atoms with van der Waals surface area (Å²) in [6.45, 7) is 4.05. The highest BCUT2D eigenvalue weighted by molar-refractivity contribution is 5.86. The number of benzene rings is 2. The maximum atomic E-state index is 13.1. The third kappa shape index (κ3) is 4.25. The fraction of sp³-hybridized carbons (Fsp3) is 0.348. The Bertz CT molecular complexity index is 1100. The maximum Gasteiger partial charge on any atom is 0.416 e. The zero-order valence-electron chi connectivity index (χ0n) is 17.4. The van der Waals surface area contributed by atoms with Gasteiger partial charge in [-0.05, 0) is 48.9 Å². The predicted molar refractivity (Wildman–Crippen MR) is 114 cm³/mol. The lowest BCUT2D eigenvalue weighted by Crippen LogP contribution is -2.54. The Morgan fingerprint density at radius 1 is 1.16 bits per heavy atom. The molecule has 2 aromatic carbocycles. The highest BCUT2D eigenvalue weighted by Gasteiger charge is 2.33. The van der Waals surface area contributed by atoms with E-state index in [-0.39, 0.29) is 11.8 Å². The fourth-order valence-electron chi connectivity index (χ4n) is 3.90. The first-order valence-electron chi connectivity index (χ1n) is 10.1. The summed E-state index contributed by atoms with van der Waals surface area (Å²) in [6, 6.07) is 11.6. The number of amides is 1. The molecule has 5 nitrogen and oxygen atoms in total. The van der Waals surface area contributed by atoms with Crippen LogP contribution in [0.15, 0.2) is 48.7 Å². The summed E-state index contributed by atoms with van der Waals surface area (Å²) in [6.07, 6.45) is -2.52. The Morgan fingerprint density at radius 3 is 2.61 bits per heavy atom. The van der Waals surface area contributed by atoms with Gasteiger partial charge in [-0.1, -0.05) is 6.07 Å². The molecule has 0 unspecified atom stereocenters. The molecule has 1 N–H and O–H groups in total. The highest BCUT2D eigenvalue weighted by atomic mass is 19.4. The Kier molecular flexibility index (Phi) is 5.66. The number of halogens is 3. The molecule has 1 saturated heterocycles. The average Bonchev–Trinajstić information content (AvgIpc) is 3.03. The molecule has 1 aliphatic rings. The van der Waals surface area contributed by atoms with Crippen molar-refractivity contribution in [1.82, 2.24) is 9.88 Å². The molecular formula is C23H24F3N3O2. The quantitative estimate of drug-likeness (QED) is 0.597. The number of hydrogen-bond acceptors (Lipinski definition) is 3. The highest BCUT2D eigenvalue weighted by Crippen LogP contribution is 2.34. The zero-order valence-corrected chi connectivity index (χ0v) is 17.4.